The van der Waals surface area contributed by atoms with Gasteiger partial charge in [-0.15, -0.1) is 0 Å². The average Bonchev–Trinajstić information content (AvgIpc) is 3.41. The molecule has 0 aromatic heterocycles. The molecule has 2 aliphatic rings. The van der Waals surface area contributed by atoms with E-state index in [-0.39, 0.29) is 19.3 Å². The lowest BCUT2D eigenvalue weighted by Crippen LogP contribution is -2.28. The Labute approximate surface area is 307 Å². The molecule has 12 heteroatoms. The molecule has 0 spiro atoms. The number of carboxylic acid groups (broad SMARTS) is 1. The zero-order valence-corrected chi connectivity index (χ0v) is 31.5. The highest BCUT2D eigenvalue weighted by atomic mass is 32.2. The topological polar surface area (TPSA) is 158 Å². The van der Waals surface area contributed by atoms with E-state index in [1.54, 1.807) is 0 Å². The summed E-state index contributed by atoms with van der Waals surface area (Å²) in [4.78, 5) is 13.3. The van der Waals surface area contributed by atoms with Crippen LogP contribution in [0.4, 0.5) is 11.4 Å². The molecule has 10 nitrogen and oxygen atoms in total. The summed E-state index contributed by atoms with van der Waals surface area (Å²) in [5.41, 5.74) is 7.65. The average molecular weight is 746 g/mol. The number of hydrogen-bond acceptors (Lipinski definition) is 8. The van der Waals surface area contributed by atoms with Crippen LogP contribution in [-0.4, -0.2) is 71.9 Å². The van der Waals surface area contributed by atoms with E-state index in [1.807, 2.05) is 85.0 Å². The van der Waals surface area contributed by atoms with Crippen molar-refractivity contribution in [2.45, 2.75) is 64.2 Å². The van der Waals surface area contributed by atoms with Gasteiger partial charge in [0.2, 0.25) is 5.69 Å². The van der Waals surface area contributed by atoms with Crippen LogP contribution >= 0.6 is 0 Å². The van der Waals surface area contributed by atoms with Crippen molar-refractivity contribution < 1.29 is 40.4 Å². The van der Waals surface area contributed by atoms with Crippen LogP contribution in [0.1, 0.15) is 69.2 Å². The highest BCUT2D eigenvalue weighted by Crippen LogP contribution is 2.48. The normalized spacial score (nSPS) is 17.6. The van der Waals surface area contributed by atoms with Crippen molar-refractivity contribution in [3.05, 3.63) is 125 Å². The molecule has 2 aliphatic heterocycles. The smallest absolute Gasteiger partial charge is 0.303 e. The Balaban J connectivity index is 1.61. The van der Waals surface area contributed by atoms with E-state index >= 15 is 0 Å². The molecular weight excluding hydrogens is 701 g/mol. The fourth-order valence-corrected chi connectivity index (χ4v) is 8.23. The van der Waals surface area contributed by atoms with Crippen molar-refractivity contribution in [3.8, 4) is 0 Å². The fourth-order valence-electron chi connectivity index (χ4n) is 7.26. The number of nitrogens with zero attached hydrogens (tertiary/aromatic N) is 2. The quantitative estimate of drug-likeness (QED) is 0.108. The van der Waals surface area contributed by atoms with E-state index in [0.29, 0.717) is 19.5 Å². The molecule has 0 unspecified atom stereocenters. The Hall–Kier alpha value is -4.36. The van der Waals surface area contributed by atoms with E-state index in [0.717, 1.165) is 50.6 Å². The number of benzene rings is 3. The number of anilines is 1. The number of carbonyl (C=O) groups is 1. The maximum atomic E-state index is 11.5. The summed E-state index contributed by atoms with van der Waals surface area (Å²) in [6.07, 6.45) is 8.82. The summed E-state index contributed by atoms with van der Waals surface area (Å²) < 4.78 is 70.9. The van der Waals surface area contributed by atoms with E-state index in [2.05, 4.69) is 49.3 Å². The molecule has 0 bridgehead atoms. The molecule has 3 aromatic rings. The Morgan fingerprint density at radius 3 is 2.10 bits per heavy atom. The van der Waals surface area contributed by atoms with Gasteiger partial charge in [0.25, 0.3) is 0 Å². The highest BCUT2D eigenvalue weighted by molar-refractivity contribution is 7.85. The lowest BCUT2D eigenvalue weighted by Gasteiger charge is -2.27. The van der Waals surface area contributed by atoms with Gasteiger partial charge in [-0.3, -0.25) is 4.79 Å². The largest absolute Gasteiger partial charge is 0.748 e. The highest BCUT2D eigenvalue weighted by Gasteiger charge is 2.44. The van der Waals surface area contributed by atoms with E-state index < -0.39 is 48.5 Å². The summed E-state index contributed by atoms with van der Waals surface area (Å²) in [5.74, 6) is -1.80. The van der Waals surface area contributed by atoms with E-state index in [4.69, 9.17) is 0 Å². The van der Waals surface area contributed by atoms with Crippen LogP contribution in [0.2, 0.25) is 0 Å². The number of fused-ring (bicyclic) bond motifs is 2. The summed E-state index contributed by atoms with van der Waals surface area (Å²) in [7, 11) is -8.76. The second kappa shape index (κ2) is 15.3. The number of rotatable bonds is 15. The first kappa shape index (κ1) is 38.9. The van der Waals surface area contributed by atoms with Crippen molar-refractivity contribution in [3.63, 3.8) is 0 Å². The third-order valence-electron chi connectivity index (χ3n) is 9.91. The number of carboxylic acids is 1. The summed E-state index contributed by atoms with van der Waals surface area (Å²) in [6.45, 7) is 9.10. The van der Waals surface area contributed by atoms with Gasteiger partial charge in [-0.05, 0) is 67.2 Å². The zero-order valence-electron chi connectivity index (χ0n) is 29.9. The van der Waals surface area contributed by atoms with Gasteiger partial charge in [0, 0.05) is 65.4 Å². The van der Waals surface area contributed by atoms with Gasteiger partial charge in [-0.2, -0.15) is 4.58 Å². The molecule has 0 saturated heterocycles. The van der Waals surface area contributed by atoms with Crippen LogP contribution in [0.25, 0.3) is 5.57 Å². The maximum absolute atomic E-state index is 11.5. The standard InChI is InChI=1S/C40H46N2O8S2/c1-39(2)32-11-5-7-13-34(32)41(25-9-27-51(45,46)47)36(39)22-20-31(30-18-15-29(16-19-30)17-24-38(43)44)21-23-37-40(3,4)33-12-6-8-14-35(33)42(37)26-10-28-52(48,49)50/h5-8,11-16,18-23H,9-10,17,24-28H2,1-4H3,(H2-,43,44,45,46,47,48,49,50)/p-1. The third-order valence-corrected chi connectivity index (χ3v) is 11.5. The lowest BCUT2D eigenvalue weighted by atomic mass is 9.81. The molecular formula is C40H45N2O8S2-. The number of aryl methyl sites for hydroxylation is 1. The third kappa shape index (κ3) is 8.98. The first-order valence-electron chi connectivity index (χ1n) is 17.3. The maximum Gasteiger partial charge on any atom is 0.303 e. The molecule has 0 atom stereocenters. The zero-order chi connectivity index (χ0) is 37.9. The number of para-hydroxylation sites is 2. The molecule has 0 amide bonds. The van der Waals surface area contributed by atoms with Gasteiger partial charge in [-0.1, -0.05) is 80.6 Å². The molecule has 3 aromatic carbocycles. The van der Waals surface area contributed by atoms with E-state index in [9.17, 15) is 35.8 Å². The number of hydrogen-bond donors (Lipinski definition) is 1. The van der Waals surface area contributed by atoms with Crippen LogP contribution < -0.4 is 4.90 Å². The first-order chi connectivity index (χ1) is 24.4. The van der Waals surface area contributed by atoms with Crippen molar-refractivity contribution >= 4 is 48.9 Å². The predicted octanol–water partition coefficient (Wildman–Crippen LogP) is 6.27. The molecule has 2 heterocycles. The van der Waals surface area contributed by atoms with Crippen LogP contribution in [0.3, 0.4) is 0 Å². The summed E-state index contributed by atoms with van der Waals surface area (Å²) in [6, 6.07) is 23.6. The van der Waals surface area contributed by atoms with Crippen LogP contribution in [0.15, 0.2) is 103 Å². The second-order valence-corrected chi connectivity index (χ2v) is 17.3. The predicted molar refractivity (Wildman–Crippen MR) is 202 cm³/mol. The SMILES string of the molecule is CC1(C)C(/C=C/C(=C/C=C2\N(CCCS(=O)(=O)[O-])c3ccccc3C2(C)C)c2ccc(CCC(=O)O)cc2)=[N+](CCCS(=O)(=O)[O-])c2ccccc21. The summed E-state index contributed by atoms with van der Waals surface area (Å²) in [5, 5.41) is 9.18. The molecule has 1 N–H and O–H groups in total. The first-order valence-corrected chi connectivity index (χ1v) is 20.4. The van der Waals surface area contributed by atoms with Crippen molar-refractivity contribution in [2.75, 3.05) is 29.5 Å². The minimum absolute atomic E-state index is 0.0185. The Kier molecular flexibility index (Phi) is 11.4. The van der Waals surface area contributed by atoms with Gasteiger partial charge in [0.05, 0.1) is 25.7 Å². The van der Waals surface area contributed by atoms with Gasteiger partial charge < -0.3 is 19.1 Å². The minimum Gasteiger partial charge on any atom is -0.748 e. The number of aliphatic carboxylic acids is 1. The minimum atomic E-state index is -4.38. The van der Waals surface area contributed by atoms with Gasteiger partial charge in [-0.25, -0.2) is 16.8 Å². The Morgan fingerprint density at radius 1 is 0.827 bits per heavy atom. The molecule has 5 rings (SSSR count). The van der Waals surface area contributed by atoms with Gasteiger partial charge in [0.15, 0.2) is 5.71 Å². The van der Waals surface area contributed by atoms with Crippen molar-refractivity contribution in [1.29, 1.82) is 0 Å². The van der Waals surface area contributed by atoms with Crippen LogP contribution in [-0.2, 0) is 42.3 Å². The number of allylic oxidation sites excluding steroid dienone is 6. The molecule has 276 valence electrons. The summed E-state index contributed by atoms with van der Waals surface area (Å²) >= 11 is 0. The molecule has 0 aliphatic carbocycles. The monoisotopic (exact) mass is 745 g/mol. The van der Waals surface area contributed by atoms with Gasteiger partial charge >= 0.3 is 5.97 Å². The van der Waals surface area contributed by atoms with Gasteiger partial charge in [0.1, 0.15) is 6.54 Å². The fraction of sp³-hybridized carbons (Fsp3) is 0.350. The Morgan fingerprint density at radius 2 is 1.44 bits per heavy atom. The molecule has 0 saturated carbocycles. The van der Waals surface area contributed by atoms with E-state index in [1.165, 1.54) is 0 Å². The lowest BCUT2D eigenvalue weighted by molar-refractivity contribution is -0.437. The molecule has 52 heavy (non-hydrogen) atoms. The van der Waals surface area contributed by atoms with Crippen molar-refractivity contribution in [1.82, 2.24) is 0 Å². The molecule has 0 fully saturated rings. The second-order valence-electron chi connectivity index (χ2n) is 14.3. The van der Waals surface area contributed by atoms with Crippen LogP contribution in [0.5, 0.6) is 0 Å². The Bertz CT molecular complexity index is 2180. The van der Waals surface area contributed by atoms with Crippen molar-refractivity contribution in [2.24, 2.45) is 0 Å². The van der Waals surface area contributed by atoms with Crippen LogP contribution in [0, 0.1) is 0 Å². The molecule has 0 radical (unpaired) electrons.